The summed E-state index contributed by atoms with van der Waals surface area (Å²) in [5.41, 5.74) is 9.80. The normalized spacial score (nSPS) is 51.6. The summed E-state index contributed by atoms with van der Waals surface area (Å²) in [5.74, 6) is 1.23. The summed E-state index contributed by atoms with van der Waals surface area (Å²) in [6.45, 7) is 4.74. The molecular formula is C19H27NO. The zero-order valence-corrected chi connectivity index (χ0v) is 13.2. The van der Waals surface area contributed by atoms with E-state index in [4.69, 9.17) is 5.73 Å². The van der Waals surface area contributed by atoms with Crippen molar-refractivity contribution in [3.63, 3.8) is 0 Å². The molecule has 0 aromatic rings. The largest absolute Gasteiger partial charge is 0.393 e. The standard InChI is InChI=1S/C19H27NO/c1-18-9-7-13(21)11-12(18)3-4-14-15-5-6-17(20)19(15,2)10-8-16(14)18/h5-6,8,10,12-13,16-17,21H,3-4,7,9,11,20H2,1-2H3/t12?,13?,16-,17?,18+,19+/m1/s1. The van der Waals surface area contributed by atoms with E-state index < -0.39 is 0 Å². The van der Waals surface area contributed by atoms with Crippen LogP contribution in [0.3, 0.4) is 0 Å². The van der Waals surface area contributed by atoms with Crippen LogP contribution >= 0.6 is 0 Å². The molecule has 0 amide bonds. The highest BCUT2D eigenvalue weighted by Crippen LogP contribution is 2.60. The van der Waals surface area contributed by atoms with Gasteiger partial charge in [-0.2, -0.15) is 0 Å². The van der Waals surface area contributed by atoms with Crippen LogP contribution in [0.2, 0.25) is 0 Å². The van der Waals surface area contributed by atoms with Crippen LogP contribution in [0.25, 0.3) is 0 Å². The Kier molecular flexibility index (Phi) is 2.84. The number of nitrogens with two attached hydrogens (primary N) is 1. The summed E-state index contributed by atoms with van der Waals surface area (Å²) in [4.78, 5) is 0. The third-order valence-corrected chi connectivity index (χ3v) is 7.08. The molecule has 4 aliphatic rings. The van der Waals surface area contributed by atoms with Crippen LogP contribution in [0.5, 0.6) is 0 Å². The van der Waals surface area contributed by atoms with E-state index in [1.807, 2.05) is 0 Å². The molecule has 0 radical (unpaired) electrons. The number of fused-ring (bicyclic) bond motifs is 4. The number of rotatable bonds is 0. The lowest BCUT2D eigenvalue weighted by atomic mass is 9.51. The summed E-state index contributed by atoms with van der Waals surface area (Å²) in [5, 5.41) is 10.0. The van der Waals surface area contributed by atoms with Gasteiger partial charge in [0, 0.05) is 17.4 Å². The minimum atomic E-state index is -0.0742. The zero-order chi connectivity index (χ0) is 14.8. The number of aliphatic hydroxyl groups excluding tert-OH is 1. The maximum absolute atomic E-state index is 10.0. The van der Waals surface area contributed by atoms with Crippen LogP contribution < -0.4 is 5.73 Å². The smallest absolute Gasteiger partial charge is 0.0543 e. The van der Waals surface area contributed by atoms with E-state index in [0.717, 1.165) is 19.3 Å². The molecule has 21 heavy (non-hydrogen) atoms. The summed E-state index contributed by atoms with van der Waals surface area (Å²) in [7, 11) is 0. The lowest BCUT2D eigenvalue weighted by molar-refractivity contribution is -0.0164. The molecule has 4 aliphatic carbocycles. The van der Waals surface area contributed by atoms with Crippen LogP contribution in [0, 0.1) is 22.7 Å². The van der Waals surface area contributed by atoms with E-state index in [2.05, 4.69) is 38.2 Å². The molecule has 3 unspecified atom stereocenters. The Morgan fingerprint density at radius 1 is 1.24 bits per heavy atom. The summed E-state index contributed by atoms with van der Waals surface area (Å²) < 4.78 is 0. The maximum atomic E-state index is 10.0. The first-order valence-corrected chi connectivity index (χ1v) is 8.50. The van der Waals surface area contributed by atoms with Gasteiger partial charge in [0.1, 0.15) is 0 Å². The molecule has 0 aromatic heterocycles. The summed E-state index contributed by atoms with van der Waals surface area (Å²) in [6, 6.07) is 0.121. The van der Waals surface area contributed by atoms with Crippen molar-refractivity contribution in [1.82, 2.24) is 0 Å². The molecule has 2 saturated carbocycles. The van der Waals surface area contributed by atoms with Crippen molar-refractivity contribution in [3.8, 4) is 0 Å². The first-order valence-electron chi connectivity index (χ1n) is 8.50. The van der Waals surface area contributed by atoms with Gasteiger partial charge in [0.25, 0.3) is 0 Å². The Bertz CT molecular complexity index is 560. The van der Waals surface area contributed by atoms with Crippen molar-refractivity contribution in [1.29, 1.82) is 0 Å². The first-order chi connectivity index (χ1) is 9.95. The van der Waals surface area contributed by atoms with E-state index in [9.17, 15) is 5.11 Å². The highest BCUT2D eigenvalue weighted by molar-refractivity contribution is 5.50. The number of hydrogen-bond acceptors (Lipinski definition) is 2. The fourth-order valence-corrected chi connectivity index (χ4v) is 5.48. The molecule has 2 heteroatoms. The molecule has 2 fully saturated rings. The van der Waals surface area contributed by atoms with Crippen molar-refractivity contribution in [2.75, 3.05) is 0 Å². The van der Waals surface area contributed by atoms with Gasteiger partial charge in [-0.1, -0.05) is 43.7 Å². The second-order valence-electron chi connectivity index (χ2n) is 8.11. The summed E-state index contributed by atoms with van der Waals surface area (Å²) >= 11 is 0. The van der Waals surface area contributed by atoms with Crippen LogP contribution in [-0.4, -0.2) is 17.3 Å². The van der Waals surface area contributed by atoms with Gasteiger partial charge in [0.05, 0.1) is 6.10 Å². The monoisotopic (exact) mass is 285 g/mol. The quantitative estimate of drug-likeness (QED) is 0.671. The Hall–Kier alpha value is -0.860. The van der Waals surface area contributed by atoms with Gasteiger partial charge in [-0.15, -0.1) is 0 Å². The molecule has 4 rings (SSSR count). The third kappa shape index (κ3) is 1.72. The molecular weight excluding hydrogens is 258 g/mol. The molecule has 0 bridgehead atoms. The average Bonchev–Trinajstić information content (AvgIpc) is 2.76. The lowest BCUT2D eigenvalue weighted by Crippen LogP contribution is -2.47. The van der Waals surface area contributed by atoms with Crippen molar-refractivity contribution >= 4 is 0 Å². The second kappa shape index (κ2) is 4.33. The Balaban J connectivity index is 1.76. The van der Waals surface area contributed by atoms with E-state index in [0.29, 0.717) is 17.3 Å². The maximum Gasteiger partial charge on any atom is 0.0543 e. The Morgan fingerprint density at radius 2 is 2.05 bits per heavy atom. The highest BCUT2D eigenvalue weighted by atomic mass is 16.3. The van der Waals surface area contributed by atoms with Crippen LogP contribution in [0.4, 0.5) is 0 Å². The van der Waals surface area contributed by atoms with Crippen LogP contribution in [0.1, 0.15) is 46.0 Å². The molecule has 6 atom stereocenters. The van der Waals surface area contributed by atoms with E-state index in [1.165, 1.54) is 18.4 Å². The third-order valence-electron chi connectivity index (χ3n) is 7.08. The molecule has 0 saturated heterocycles. The van der Waals surface area contributed by atoms with Gasteiger partial charge in [0.15, 0.2) is 0 Å². The van der Waals surface area contributed by atoms with Gasteiger partial charge in [0.2, 0.25) is 0 Å². The highest BCUT2D eigenvalue weighted by Gasteiger charge is 2.51. The average molecular weight is 285 g/mol. The molecule has 114 valence electrons. The SMILES string of the molecule is C[C@]12C=C[C@@H]3C(=C1C=CC2N)CCC1CC(O)CC[C@@]13C. The van der Waals surface area contributed by atoms with Gasteiger partial charge in [-0.25, -0.2) is 0 Å². The molecule has 0 heterocycles. The predicted molar refractivity (Wildman–Crippen MR) is 85.6 cm³/mol. The van der Waals surface area contributed by atoms with Crippen molar-refractivity contribution in [2.24, 2.45) is 28.4 Å². The summed E-state index contributed by atoms with van der Waals surface area (Å²) in [6.07, 6.45) is 14.7. The van der Waals surface area contributed by atoms with Crippen molar-refractivity contribution in [3.05, 3.63) is 35.5 Å². The molecule has 3 N–H and O–H groups in total. The van der Waals surface area contributed by atoms with Gasteiger partial charge < -0.3 is 10.8 Å². The molecule has 2 nitrogen and oxygen atoms in total. The molecule has 0 spiro atoms. The van der Waals surface area contributed by atoms with Gasteiger partial charge in [-0.3, -0.25) is 0 Å². The topological polar surface area (TPSA) is 46.2 Å². The molecule has 0 aliphatic heterocycles. The fraction of sp³-hybridized carbons (Fsp3) is 0.684. The van der Waals surface area contributed by atoms with Crippen molar-refractivity contribution in [2.45, 2.75) is 58.1 Å². The van der Waals surface area contributed by atoms with Crippen LogP contribution in [0.15, 0.2) is 35.5 Å². The fourth-order valence-electron chi connectivity index (χ4n) is 5.48. The number of allylic oxidation sites excluding steroid dienone is 3. The number of hydrogen-bond donors (Lipinski definition) is 2. The first kappa shape index (κ1) is 13.8. The second-order valence-corrected chi connectivity index (χ2v) is 8.11. The lowest BCUT2D eigenvalue weighted by Gasteiger charge is -2.54. The zero-order valence-electron chi connectivity index (χ0n) is 13.2. The van der Waals surface area contributed by atoms with Gasteiger partial charge in [-0.05, 0) is 49.0 Å². The predicted octanol–water partition coefficient (Wildman–Crippen LogP) is 3.33. The molecule has 0 aromatic carbocycles. The van der Waals surface area contributed by atoms with E-state index in [1.54, 1.807) is 5.57 Å². The van der Waals surface area contributed by atoms with E-state index >= 15 is 0 Å². The minimum absolute atomic E-state index is 0.0171. The van der Waals surface area contributed by atoms with Crippen LogP contribution in [-0.2, 0) is 0 Å². The number of aliphatic hydroxyl groups is 1. The minimum Gasteiger partial charge on any atom is -0.393 e. The van der Waals surface area contributed by atoms with Crippen molar-refractivity contribution < 1.29 is 5.11 Å². The van der Waals surface area contributed by atoms with E-state index in [-0.39, 0.29) is 17.6 Å². The van der Waals surface area contributed by atoms with Gasteiger partial charge >= 0.3 is 0 Å². The Morgan fingerprint density at radius 3 is 2.86 bits per heavy atom. The Labute approximate surface area is 127 Å².